The van der Waals surface area contributed by atoms with Gasteiger partial charge < -0.3 is 20.1 Å². The molecule has 9 nitrogen and oxygen atoms in total. The smallest absolute Gasteiger partial charge is 0.259 e. The fourth-order valence-corrected chi connectivity index (χ4v) is 3.08. The van der Waals surface area contributed by atoms with Crippen molar-refractivity contribution >= 4 is 28.5 Å². The lowest BCUT2D eigenvalue weighted by atomic mass is 10.1. The molecule has 1 aliphatic rings. The number of carbonyl (C=O) groups excluding carboxylic acids is 1. The Labute approximate surface area is 185 Å². The van der Waals surface area contributed by atoms with Crippen molar-refractivity contribution in [3.8, 4) is 0 Å². The lowest BCUT2D eigenvalue weighted by Crippen LogP contribution is -2.30. The highest BCUT2D eigenvalue weighted by atomic mass is 16.5. The van der Waals surface area contributed by atoms with E-state index in [4.69, 9.17) is 9.84 Å². The van der Waals surface area contributed by atoms with Crippen molar-refractivity contribution in [2.24, 2.45) is 4.99 Å². The molecule has 0 radical (unpaired) electrons. The van der Waals surface area contributed by atoms with E-state index < -0.39 is 0 Å². The summed E-state index contributed by atoms with van der Waals surface area (Å²) in [5.74, 6) is 0.482. The van der Waals surface area contributed by atoms with E-state index >= 15 is 0 Å². The number of hydrogen-bond donors (Lipinski definition) is 3. The maximum atomic E-state index is 12.2. The van der Waals surface area contributed by atoms with Crippen molar-refractivity contribution in [3.63, 3.8) is 0 Å². The van der Waals surface area contributed by atoms with Crippen LogP contribution in [0.3, 0.4) is 0 Å². The highest BCUT2D eigenvalue weighted by Crippen LogP contribution is 2.25. The summed E-state index contributed by atoms with van der Waals surface area (Å²) in [4.78, 5) is 23.7. The van der Waals surface area contributed by atoms with Gasteiger partial charge in [0.1, 0.15) is 11.5 Å². The number of aromatic nitrogens is 4. The van der Waals surface area contributed by atoms with Gasteiger partial charge in [-0.1, -0.05) is 18.2 Å². The minimum Gasteiger partial charge on any atom is -0.400 e. The van der Waals surface area contributed by atoms with Crippen LogP contribution in [0.15, 0.2) is 72.2 Å². The molecule has 5 rings (SSSR count). The summed E-state index contributed by atoms with van der Waals surface area (Å²) in [6.45, 7) is 1.18. The molecule has 1 aromatic carbocycles. The Kier molecular flexibility index (Phi) is 8.24. The van der Waals surface area contributed by atoms with Crippen molar-refractivity contribution in [3.05, 3.63) is 78.4 Å². The minimum atomic E-state index is -0.190. The van der Waals surface area contributed by atoms with Crippen molar-refractivity contribution in [2.75, 3.05) is 20.8 Å². The quantitative estimate of drug-likeness (QED) is 0.457. The van der Waals surface area contributed by atoms with Crippen LogP contribution in [0.1, 0.15) is 15.9 Å². The number of para-hydroxylation sites is 1. The number of H-pyrrole nitrogens is 1. The largest absolute Gasteiger partial charge is 0.400 e. The number of amides is 1. The third-order valence-corrected chi connectivity index (χ3v) is 4.60. The van der Waals surface area contributed by atoms with Gasteiger partial charge in [-0.25, -0.2) is 9.98 Å². The molecular weight excluding hydrogens is 408 g/mol. The Morgan fingerprint density at radius 2 is 2.06 bits per heavy atom. The first-order valence-corrected chi connectivity index (χ1v) is 10.0. The molecule has 32 heavy (non-hydrogen) atoms. The summed E-state index contributed by atoms with van der Waals surface area (Å²) < 4.78 is 6.66. The highest BCUT2D eigenvalue weighted by Gasteiger charge is 2.17. The van der Waals surface area contributed by atoms with Crippen molar-refractivity contribution in [1.82, 2.24) is 25.1 Å². The van der Waals surface area contributed by atoms with Crippen LogP contribution < -0.4 is 5.32 Å². The molecule has 0 bridgehead atoms. The summed E-state index contributed by atoms with van der Waals surface area (Å²) in [6.07, 6.45) is 7.57. The molecule has 1 aliphatic heterocycles. The van der Waals surface area contributed by atoms with Crippen LogP contribution in [0.2, 0.25) is 0 Å². The van der Waals surface area contributed by atoms with Crippen LogP contribution in [-0.2, 0) is 17.7 Å². The number of amidine groups is 1. The van der Waals surface area contributed by atoms with Gasteiger partial charge in [0.15, 0.2) is 0 Å². The monoisotopic (exact) mass is 434 g/mol. The molecule has 0 atom stereocenters. The number of hydrogen-bond acceptors (Lipinski definition) is 6. The first kappa shape index (κ1) is 22.9. The Bertz CT molecular complexity index is 1150. The van der Waals surface area contributed by atoms with Gasteiger partial charge in [-0.3, -0.25) is 9.48 Å². The van der Waals surface area contributed by atoms with Crippen LogP contribution in [0, 0.1) is 0 Å². The predicted octanol–water partition coefficient (Wildman–Crippen LogP) is 2.72. The van der Waals surface area contributed by atoms with E-state index in [0.717, 1.165) is 29.4 Å². The molecule has 4 aromatic rings. The number of nitrogens with zero attached hydrogens (tertiary/aromatic N) is 4. The SMILES string of the molecule is CO.COCCn1cc(C(=O)NC2=Nc3ccccc3C2)cn1.c1cnc2[nH]ccc2c1. The van der Waals surface area contributed by atoms with Crippen LogP contribution in [0.4, 0.5) is 5.69 Å². The van der Waals surface area contributed by atoms with Crippen LogP contribution in [0.25, 0.3) is 11.0 Å². The molecule has 3 N–H and O–H groups in total. The van der Waals surface area contributed by atoms with E-state index in [1.54, 1.807) is 30.4 Å². The van der Waals surface area contributed by atoms with Gasteiger partial charge in [0.05, 0.1) is 30.6 Å². The van der Waals surface area contributed by atoms with Crippen molar-refractivity contribution in [2.45, 2.75) is 13.0 Å². The average Bonchev–Trinajstić information content (AvgIpc) is 3.58. The van der Waals surface area contributed by atoms with Crippen LogP contribution >= 0.6 is 0 Å². The molecule has 0 aliphatic carbocycles. The number of benzene rings is 1. The summed E-state index contributed by atoms with van der Waals surface area (Å²) in [5.41, 5.74) is 3.52. The second-order valence-electron chi connectivity index (χ2n) is 6.72. The van der Waals surface area contributed by atoms with E-state index in [9.17, 15) is 4.79 Å². The Balaban J connectivity index is 0.000000218. The number of aliphatic hydroxyl groups is 1. The zero-order valence-electron chi connectivity index (χ0n) is 18.0. The highest BCUT2D eigenvalue weighted by molar-refractivity contribution is 6.08. The minimum absolute atomic E-state index is 0.190. The fraction of sp³-hybridized carbons (Fsp3) is 0.217. The first-order valence-electron chi connectivity index (χ1n) is 10.0. The maximum absolute atomic E-state index is 12.2. The molecule has 0 unspecified atom stereocenters. The summed E-state index contributed by atoms with van der Waals surface area (Å²) in [5, 5.41) is 15.1. The summed E-state index contributed by atoms with van der Waals surface area (Å²) >= 11 is 0. The lowest BCUT2D eigenvalue weighted by Gasteiger charge is -2.02. The lowest BCUT2D eigenvalue weighted by molar-refractivity contribution is 0.0976. The van der Waals surface area contributed by atoms with Gasteiger partial charge in [-0.05, 0) is 29.8 Å². The predicted molar refractivity (Wildman–Crippen MR) is 123 cm³/mol. The van der Waals surface area contributed by atoms with Crippen molar-refractivity contribution < 1.29 is 14.6 Å². The van der Waals surface area contributed by atoms with E-state index in [1.807, 2.05) is 48.7 Å². The van der Waals surface area contributed by atoms with E-state index in [1.165, 1.54) is 0 Å². The average molecular weight is 435 g/mol. The number of fused-ring (bicyclic) bond motifs is 2. The molecular formula is C23H26N6O3. The fourth-order valence-electron chi connectivity index (χ4n) is 3.08. The molecule has 0 saturated heterocycles. The molecule has 4 heterocycles. The van der Waals surface area contributed by atoms with E-state index in [-0.39, 0.29) is 5.91 Å². The first-order chi connectivity index (χ1) is 15.7. The molecule has 0 spiro atoms. The third-order valence-electron chi connectivity index (χ3n) is 4.60. The number of carbonyl (C=O) groups is 1. The van der Waals surface area contributed by atoms with Crippen LogP contribution in [-0.4, -0.2) is 57.4 Å². The van der Waals surface area contributed by atoms with E-state index in [2.05, 4.69) is 25.4 Å². The molecule has 0 fully saturated rings. The normalized spacial score (nSPS) is 11.5. The standard InChI is InChI=1S/C15H16N4O2.C7H6N2.CH4O/c1-21-7-6-19-10-12(9-16-19)15(20)18-14-8-11-4-2-3-5-13(11)17-14;1-2-6-3-5-9-7(6)8-4-1;1-2/h2-5,9-10H,6-8H2,1H3,(H,17,18,20);1-5H,(H,8,9);2H,1H3. The molecule has 9 heteroatoms. The van der Waals surface area contributed by atoms with Gasteiger partial charge in [0.25, 0.3) is 5.91 Å². The number of aliphatic imine (C=N–C) groups is 1. The Morgan fingerprint density at radius 1 is 1.22 bits per heavy atom. The second kappa shape index (κ2) is 11.5. The van der Waals surface area contributed by atoms with Gasteiger partial charge in [0.2, 0.25) is 0 Å². The molecule has 3 aromatic heterocycles. The van der Waals surface area contributed by atoms with Gasteiger partial charge in [0, 0.05) is 44.6 Å². The van der Waals surface area contributed by atoms with Crippen LogP contribution in [0.5, 0.6) is 0 Å². The number of ether oxygens (including phenoxy) is 1. The van der Waals surface area contributed by atoms with E-state index in [0.29, 0.717) is 31.0 Å². The zero-order valence-corrected chi connectivity index (χ0v) is 18.0. The molecule has 1 amide bonds. The molecule has 166 valence electrons. The van der Waals surface area contributed by atoms with Gasteiger partial charge in [-0.15, -0.1) is 0 Å². The summed E-state index contributed by atoms with van der Waals surface area (Å²) in [7, 11) is 2.63. The van der Waals surface area contributed by atoms with Gasteiger partial charge >= 0.3 is 0 Å². The number of aromatic amines is 1. The Hall–Kier alpha value is -3.82. The van der Waals surface area contributed by atoms with Crippen molar-refractivity contribution in [1.29, 1.82) is 0 Å². The zero-order chi connectivity index (χ0) is 22.8. The number of nitrogens with one attached hydrogen (secondary N) is 2. The third kappa shape index (κ3) is 5.87. The number of rotatable bonds is 4. The second-order valence-corrected chi connectivity index (χ2v) is 6.72. The maximum Gasteiger partial charge on any atom is 0.259 e. The summed E-state index contributed by atoms with van der Waals surface area (Å²) in [6, 6.07) is 13.8. The molecule has 0 saturated carbocycles. The number of pyridine rings is 1. The number of methoxy groups -OCH3 is 1. The Morgan fingerprint density at radius 3 is 2.84 bits per heavy atom. The number of aliphatic hydroxyl groups excluding tert-OH is 1. The topological polar surface area (TPSA) is 117 Å². The van der Waals surface area contributed by atoms with Gasteiger partial charge in [-0.2, -0.15) is 5.10 Å².